The molecule has 0 saturated carbocycles. The van der Waals surface area contributed by atoms with E-state index in [9.17, 15) is 0 Å². The molecule has 3 aromatic rings. The van der Waals surface area contributed by atoms with Crippen molar-refractivity contribution >= 4 is 11.3 Å². The lowest BCUT2D eigenvalue weighted by Gasteiger charge is -2.12. The Morgan fingerprint density at radius 1 is 0.920 bits per heavy atom. The highest BCUT2D eigenvalue weighted by Crippen LogP contribution is 2.29. The van der Waals surface area contributed by atoms with Gasteiger partial charge in [-0.1, -0.05) is 34.1 Å². The SMILES string of the molecule is CCOc1nnc(C(C)Oc2ccc(Oc3ccc(C)cc3)cc2)s1. The van der Waals surface area contributed by atoms with E-state index in [0.29, 0.717) is 11.8 Å². The van der Waals surface area contributed by atoms with Crippen molar-refractivity contribution in [2.45, 2.75) is 26.9 Å². The van der Waals surface area contributed by atoms with Gasteiger partial charge in [0, 0.05) is 0 Å². The summed E-state index contributed by atoms with van der Waals surface area (Å²) in [6.07, 6.45) is -0.199. The summed E-state index contributed by atoms with van der Waals surface area (Å²) in [7, 11) is 0. The topological polar surface area (TPSA) is 53.5 Å². The van der Waals surface area contributed by atoms with Gasteiger partial charge in [0.25, 0.3) is 5.19 Å². The molecule has 5 nitrogen and oxygen atoms in total. The van der Waals surface area contributed by atoms with Crippen LogP contribution in [0.15, 0.2) is 48.5 Å². The third-order valence-electron chi connectivity index (χ3n) is 3.43. The van der Waals surface area contributed by atoms with Gasteiger partial charge in [-0.2, -0.15) is 0 Å². The van der Waals surface area contributed by atoms with Gasteiger partial charge < -0.3 is 14.2 Å². The molecule has 1 heterocycles. The zero-order valence-corrected chi connectivity index (χ0v) is 15.2. The van der Waals surface area contributed by atoms with Crippen LogP contribution < -0.4 is 14.2 Å². The molecule has 1 aromatic heterocycles. The fourth-order valence-corrected chi connectivity index (χ4v) is 2.88. The van der Waals surface area contributed by atoms with Crippen molar-refractivity contribution in [3.8, 4) is 22.4 Å². The van der Waals surface area contributed by atoms with Crippen LogP contribution >= 0.6 is 11.3 Å². The third-order valence-corrected chi connectivity index (χ3v) is 4.43. The van der Waals surface area contributed by atoms with Crippen LogP contribution in [0.25, 0.3) is 0 Å². The lowest BCUT2D eigenvalue weighted by molar-refractivity contribution is 0.225. The van der Waals surface area contributed by atoms with Gasteiger partial charge in [0.1, 0.15) is 23.4 Å². The number of benzene rings is 2. The number of rotatable bonds is 7. The van der Waals surface area contributed by atoms with Crippen molar-refractivity contribution in [1.29, 1.82) is 0 Å². The molecule has 1 unspecified atom stereocenters. The van der Waals surface area contributed by atoms with E-state index >= 15 is 0 Å². The predicted octanol–water partition coefficient (Wildman–Crippen LogP) is 5.18. The highest BCUT2D eigenvalue weighted by molar-refractivity contribution is 7.13. The van der Waals surface area contributed by atoms with E-state index in [1.165, 1.54) is 16.9 Å². The van der Waals surface area contributed by atoms with Crippen molar-refractivity contribution < 1.29 is 14.2 Å². The maximum Gasteiger partial charge on any atom is 0.294 e. The van der Waals surface area contributed by atoms with Crippen molar-refractivity contribution in [2.24, 2.45) is 0 Å². The quantitative estimate of drug-likeness (QED) is 0.584. The summed E-state index contributed by atoms with van der Waals surface area (Å²) in [5.74, 6) is 2.32. The molecule has 0 fully saturated rings. The largest absolute Gasteiger partial charge is 0.483 e. The predicted molar refractivity (Wildman–Crippen MR) is 97.8 cm³/mol. The minimum atomic E-state index is -0.199. The average Bonchev–Trinajstić information content (AvgIpc) is 3.08. The van der Waals surface area contributed by atoms with E-state index in [2.05, 4.69) is 10.2 Å². The second-order valence-corrected chi connectivity index (χ2v) is 6.46. The van der Waals surface area contributed by atoms with Crippen LogP contribution in [0.1, 0.15) is 30.5 Å². The molecule has 3 rings (SSSR count). The molecule has 0 radical (unpaired) electrons. The Labute approximate surface area is 151 Å². The van der Waals surface area contributed by atoms with Gasteiger partial charge in [-0.15, -0.1) is 5.10 Å². The van der Waals surface area contributed by atoms with Crippen LogP contribution in [0.5, 0.6) is 22.4 Å². The van der Waals surface area contributed by atoms with Crippen LogP contribution in [-0.2, 0) is 0 Å². The summed E-state index contributed by atoms with van der Waals surface area (Å²) >= 11 is 1.40. The van der Waals surface area contributed by atoms with Crippen LogP contribution in [0.4, 0.5) is 0 Å². The van der Waals surface area contributed by atoms with Gasteiger partial charge >= 0.3 is 0 Å². The summed E-state index contributed by atoms with van der Waals surface area (Å²) in [5.41, 5.74) is 1.20. The van der Waals surface area contributed by atoms with Crippen LogP contribution in [-0.4, -0.2) is 16.8 Å². The van der Waals surface area contributed by atoms with Crippen LogP contribution in [0.3, 0.4) is 0 Å². The van der Waals surface area contributed by atoms with Gasteiger partial charge in [0.2, 0.25) is 0 Å². The summed E-state index contributed by atoms with van der Waals surface area (Å²) in [6, 6.07) is 15.5. The molecule has 130 valence electrons. The smallest absolute Gasteiger partial charge is 0.294 e. The molecule has 0 N–H and O–H groups in total. The zero-order chi connectivity index (χ0) is 17.6. The van der Waals surface area contributed by atoms with E-state index in [1.54, 1.807) is 0 Å². The standard InChI is InChI=1S/C19H20N2O3S/c1-4-22-19-21-20-18(25-19)14(3)23-15-9-11-17(12-10-15)24-16-7-5-13(2)6-8-16/h5-12,14H,4H2,1-3H3. The van der Waals surface area contributed by atoms with E-state index in [4.69, 9.17) is 14.2 Å². The highest BCUT2D eigenvalue weighted by atomic mass is 32.1. The molecule has 2 aromatic carbocycles. The number of nitrogens with zero attached hydrogens (tertiary/aromatic N) is 2. The zero-order valence-electron chi connectivity index (χ0n) is 14.4. The lowest BCUT2D eigenvalue weighted by Crippen LogP contribution is -2.02. The molecular weight excluding hydrogens is 336 g/mol. The van der Waals surface area contributed by atoms with Crippen molar-refractivity contribution in [3.05, 3.63) is 59.1 Å². The van der Waals surface area contributed by atoms with E-state index < -0.39 is 0 Å². The van der Waals surface area contributed by atoms with E-state index in [1.807, 2.05) is 69.3 Å². The number of hydrogen-bond donors (Lipinski definition) is 0. The second-order valence-electron chi connectivity index (χ2n) is 5.49. The number of ether oxygens (including phenoxy) is 3. The first-order valence-electron chi connectivity index (χ1n) is 8.11. The first-order chi connectivity index (χ1) is 12.1. The lowest BCUT2D eigenvalue weighted by atomic mass is 10.2. The van der Waals surface area contributed by atoms with Gasteiger partial charge in [-0.25, -0.2) is 0 Å². The average molecular weight is 356 g/mol. The highest BCUT2D eigenvalue weighted by Gasteiger charge is 2.14. The maximum absolute atomic E-state index is 5.91. The molecule has 0 amide bonds. The molecule has 0 aliphatic carbocycles. The first kappa shape index (κ1) is 17.2. The second kappa shape index (κ2) is 7.98. The number of aromatic nitrogens is 2. The van der Waals surface area contributed by atoms with Crippen molar-refractivity contribution in [3.63, 3.8) is 0 Å². The Morgan fingerprint density at radius 3 is 2.16 bits per heavy atom. The Balaban J connectivity index is 1.60. The fourth-order valence-electron chi connectivity index (χ4n) is 2.15. The molecule has 0 aliphatic heterocycles. The molecule has 0 aliphatic rings. The Bertz CT molecular complexity index is 800. The summed E-state index contributed by atoms with van der Waals surface area (Å²) < 4.78 is 17.1. The third kappa shape index (κ3) is 4.70. The number of aryl methyl sites for hydroxylation is 1. The normalized spacial score (nSPS) is 11.8. The molecule has 1 atom stereocenters. The summed E-state index contributed by atoms with van der Waals surface area (Å²) in [4.78, 5) is 0. The molecule has 0 saturated heterocycles. The monoisotopic (exact) mass is 356 g/mol. The molecule has 6 heteroatoms. The fraction of sp³-hybridized carbons (Fsp3) is 0.263. The van der Waals surface area contributed by atoms with Gasteiger partial charge in [0.05, 0.1) is 6.61 Å². The van der Waals surface area contributed by atoms with E-state index in [0.717, 1.165) is 22.3 Å². The maximum atomic E-state index is 5.91. The molecular formula is C19H20N2O3S. The summed E-state index contributed by atoms with van der Waals surface area (Å²) in [5, 5.41) is 9.43. The molecule has 25 heavy (non-hydrogen) atoms. The first-order valence-corrected chi connectivity index (χ1v) is 8.93. The van der Waals surface area contributed by atoms with Gasteiger partial charge in [0.15, 0.2) is 5.01 Å². The Hall–Kier alpha value is -2.60. The van der Waals surface area contributed by atoms with Crippen molar-refractivity contribution in [2.75, 3.05) is 6.61 Å². The summed E-state index contributed by atoms with van der Waals surface area (Å²) in [6.45, 7) is 6.48. The Morgan fingerprint density at radius 2 is 1.52 bits per heavy atom. The van der Waals surface area contributed by atoms with Crippen LogP contribution in [0.2, 0.25) is 0 Å². The number of hydrogen-bond acceptors (Lipinski definition) is 6. The molecule has 0 spiro atoms. The Kier molecular flexibility index (Phi) is 5.50. The van der Waals surface area contributed by atoms with Gasteiger partial charge in [-0.05, 0) is 57.2 Å². The minimum Gasteiger partial charge on any atom is -0.483 e. The van der Waals surface area contributed by atoms with Crippen molar-refractivity contribution in [1.82, 2.24) is 10.2 Å². The van der Waals surface area contributed by atoms with Crippen LogP contribution in [0, 0.1) is 6.92 Å². The minimum absolute atomic E-state index is 0.199. The molecule has 0 bridgehead atoms. The van der Waals surface area contributed by atoms with E-state index in [-0.39, 0.29) is 6.10 Å². The van der Waals surface area contributed by atoms with Gasteiger partial charge in [-0.3, -0.25) is 0 Å².